The Hall–Kier alpha value is -1.83. The van der Waals surface area contributed by atoms with Crippen LogP contribution in [-0.4, -0.2) is 67.2 Å². The van der Waals surface area contributed by atoms with Crippen LogP contribution in [0.5, 0.6) is 0 Å². The Bertz CT molecular complexity index is 380. The number of likely N-dealkylation sites (N-methyl/N-ethyl adjacent to an activating group) is 1. The van der Waals surface area contributed by atoms with Gasteiger partial charge in [0.2, 0.25) is 5.91 Å². The lowest BCUT2D eigenvalue weighted by Gasteiger charge is -2.47. The zero-order valence-electron chi connectivity index (χ0n) is 11.9. The lowest BCUT2D eigenvalue weighted by Crippen LogP contribution is -2.58. The first-order valence-electron chi connectivity index (χ1n) is 6.53. The Kier molecular flexibility index (Phi) is 5.75. The Labute approximate surface area is 117 Å². The van der Waals surface area contributed by atoms with Gasteiger partial charge in [-0.3, -0.25) is 9.59 Å². The zero-order valence-corrected chi connectivity index (χ0v) is 11.9. The van der Waals surface area contributed by atoms with Crippen molar-refractivity contribution in [2.24, 2.45) is 0 Å². The van der Waals surface area contributed by atoms with Crippen LogP contribution in [0.25, 0.3) is 0 Å². The molecule has 1 fully saturated rings. The fraction of sp³-hybridized carbons (Fsp3) is 0.750. The smallest absolute Gasteiger partial charge is 0.322 e. The number of rotatable bonds is 7. The third-order valence-corrected chi connectivity index (χ3v) is 3.66. The van der Waals surface area contributed by atoms with Gasteiger partial charge in [-0.15, -0.1) is 0 Å². The third kappa shape index (κ3) is 4.69. The van der Waals surface area contributed by atoms with Crippen LogP contribution >= 0.6 is 0 Å². The normalized spacial score (nSPS) is 16.1. The molecule has 0 saturated heterocycles. The topological polar surface area (TPSA) is 111 Å². The van der Waals surface area contributed by atoms with Crippen LogP contribution in [0.2, 0.25) is 0 Å². The molecule has 0 aliphatic heterocycles. The summed E-state index contributed by atoms with van der Waals surface area (Å²) in [5.41, 5.74) is 0.0168. The lowest BCUT2D eigenvalue weighted by molar-refractivity contribution is -0.137. The molecule has 4 N–H and O–H groups in total. The van der Waals surface area contributed by atoms with Crippen LogP contribution in [0.3, 0.4) is 0 Å². The molecule has 0 atom stereocenters. The number of amides is 3. The van der Waals surface area contributed by atoms with E-state index in [0.29, 0.717) is 6.54 Å². The zero-order chi connectivity index (χ0) is 15.2. The second kappa shape index (κ2) is 7.09. The molecular weight excluding hydrogens is 264 g/mol. The Morgan fingerprint density at radius 2 is 1.75 bits per heavy atom. The van der Waals surface area contributed by atoms with E-state index >= 15 is 0 Å². The van der Waals surface area contributed by atoms with E-state index in [9.17, 15) is 14.4 Å². The Morgan fingerprint density at radius 1 is 1.10 bits per heavy atom. The fourth-order valence-corrected chi connectivity index (χ4v) is 2.07. The van der Waals surface area contributed by atoms with Crippen molar-refractivity contribution in [3.63, 3.8) is 0 Å². The number of urea groups is 1. The molecule has 1 aliphatic rings. The fourth-order valence-electron chi connectivity index (χ4n) is 2.07. The van der Waals surface area contributed by atoms with Gasteiger partial charge in [0.25, 0.3) is 0 Å². The van der Waals surface area contributed by atoms with Crippen molar-refractivity contribution < 1.29 is 19.5 Å². The number of carboxylic acids is 1. The minimum Gasteiger partial charge on any atom is -0.480 e. The van der Waals surface area contributed by atoms with Crippen molar-refractivity contribution >= 4 is 17.9 Å². The molecule has 0 aromatic heterocycles. The van der Waals surface area contributed by atoms with Crippen molar-refractivity contribution in [1.29, 1.82) is 0 Å². The highest BCUT2D eigenvalue weighted by atomic mass is 16.4. The summed E-state index contributed by atoms with van der Waals surface area (Å²) in [5, 5.41) is 15.7. The van der Waals surface area contributed by atoms with Gasteiger partial charge < -0.3 is 26.0 Å². The van der Waals surface area contributed by atoms with Gasteiger partial charge >= 0.3 is 12.0 Å². The van der Waals surface area contributed by atoms with E-state index in [4.69, 9.17) is 5.11 Å². The summed E-state index contributed by atoms with van der Waals surface area (Å²) in [5.74, 6) is -1.66. The highest BCUT2D eigenvalue weighted by molar-refractivity contribution is 5.86. The molecule has 0 aromatic carbocycles. The minimum absolute atomic E-state index is 0.0168. The molecule has 20 heavy (non-hydrogen) atoms. The number of carboxylic acid groups (broad SMARTS) is 1. The lowest BCUT2D eigenvalue weighted by atomic mass is 9.75. The van der Waals surface area contributed by atoms with E-state index in [1.807, 2.05) is 14.1 Å². The van der Waals surface area contributed by atoms with Gasteiger partial charge in [0.15, 0.2) is 0 Å². The summed E-state index contributed by atoms with van der Waals surface area (Å²) in [6.45, 7) is -0.164. The largest absolute Gasteiger partial charge is 0.480 e. The maximum absolute atomic E-state index is 11.6. The number of aliphatic carboxylic acids is 1. The standard InChI is InChI=1S/C12H22N4O4/c1-16(2)12(4-3-5-12)8-15-11(20)14-6-9(17)13-7-10(18)19/h3-8H2,1-2H3,(H,13,17)(H,18,19)(H2,14,15,20). The molecule has 1 rings (SSSR count). The number of carbonyl (C=O) groups is 3. The van der Waals surface area contributed by atoms with Gasteiger partial charge in [-0.2, -0.15) is 0 Å². The first kappa shape index (κ1) is 16.2. The van der Waals surface area contributed by atoms with Gasteiger partial charge in [-0.25, -0.2) is 4.79 Å². The summed E-state index contributed by atoms with van der Waals surface area (Å²) >= 11 is 0. The minimum atomic E-state index is -1.12. The second-order valence-corrected chi connectivity index (χ2v) is 5.18. The SMILES string of the molecule is CN(C)C1(CNC(=O)NCC(=O)NCC(=O)O)CCC1. The van der Waals surface area contributed by atoms with E-state index in [-0.39, 0.29) is 12.1 Å². The van der Waals surface area contributed by atoms with E-state index in [1.54, 1.807) is 0 Å². The van der Waals surface area contributed by atoms with Gasteiger partial charge in [0, 0.05) is 12.1 Å². The molecule has 0 aromatic rings. The third-order valence-electron chi connectivity index (χ3n) is 3.66. The summed E-state index contributed by atoms with van der Waals surface area (Å²) in [7, 11) is 3.97. The van der Waals surface area contributed by atoms with Crippen molar-refractivity contribution in [2.75, 3.05) is 33.7 Å². The molecule has 1 aliphatic carbocycles. The van der Waals surface area contributed by atoms with Gasteiger partial charge in [0.1, 0.15) is 6.54 Å². The quantitative estimate of drug-likeness (QED) is 0.478. The predicted molar refractivity (Wildman–Crippen MR) is 72.3 cm³/mol. The summed E-state index contributed by atoms with van der Waals surface area (Å²) < 4.78 is 0. The monoisotopic (exact) mass is 286 g/mol. The highest BCUT2D eigenvalue weighted by Crippen LogP contribution is 2.35. The summed E-state index contributed by atoms with van der Waals surface area (Å²) in [6, 6.07) is -0.427. The van der Waals surface area contributed by atoms with Crippen LogP contribution in [0.4, 0.5) is 4.79 Å². The molecule has 0 spiro atoms. The van der Waals surface area contributed by atoms with Crippen molar-refractivity contribution in [3.05, 3.63) is 0 Å². The van der Waals surface area contributed by atoms with Crippen molar-refractivity contribution in [3.8, 4) is 0 Å². The highest BCUT2D eigenvalue weighted by Gasteiger charge is 2.39. The van der Waals surface area contributed by atoms with Gasteiger partial charge in [-0.1, -0.05) is 0 Å². The van der Waals surface area contributed by atoms with Gasteiger partial charge in [-0.05, 0) is 33.4 Å². The second-order valence-electron chi connectivity index (χ2n) is 5.18. The molecule has 0 heterocycles. The molecule has 0 bridgehead atoms. The first-order valence-corrected chi connectivity index (χ1v) is 6.53. The number of nitrogens with one attached hydrogen (secondary N) is 3. The summed E-state index contributed by atoms with van der Waals surface area (Å²) in [4.78, 5) is 35.1. The van der Waals surface area contributed by atoms with E-state index < -0.39 is 24.5 Å². The number of hydrogen-bond donors (Lipinski definition) is 4. The maximum atomic E-state index is 11.6. The van der Waals surface area contributed by atoms with Crippen LogP contribution in [0.1, 0.15) is 19.3 Å². The number of hydrogen-bond acceptors (Lipinski definition) is 4. The van der Waals surface area contributed by atoms with Crippen molar-refractivity contribution in [1.82, 2.24) is 20.9 Å². The van der Waals surface area contributed by atoms with E-state index in [1.165, 1.54) is 0 Å². The molecule has 114 valence electrons. The van der Waals surface area contributed by atoms with Crippen LogP contribution < -0.4 is 16.0 Å². The Balaban J connectivity index is 2.20. The molecule has 8 nitrogen and oxygen atoms in total. The van der Waals surface area contributed by atoms with E-state index in [0.717, 1.165) is 19.3 Å². The average Bonchev–Trinajstić information content (AvgIpc) is 2.32. The van der Waals surface area contributed by atoms with Crippen LogP contribution in [0, 0.1) is 0 Å². The van der Waals surface area contributed by atoms with Gasteiger partial charge in [0.05, 0.1) is 6.54 Å². The number of carbonyl (C=O) groups excluding carboxylic acids is 2. The molecule has 0 radical (unpaired) electrons. The molecule has 8 heteroatoms. The first-order chi connectivity index (χ1) is 9.35. The maximum Gasteiger partial charge on any atom is 0.322 e. The molecule has 0 unspecified atom stereocenters. The number of nitrogens with zero attached hydrogens (tertiary/aromatic N) is 1. The summed E-state index contributed by atoms with van der Waals surface area (Å²) in [6.07, 6.45) is 3.23. The molecular formula is C12H22N4O4. The molecule has 3 amide bonds. The van der Waals surface area contributed by atoms with Crippen LogP contribution in [0.15, 0.2) is 0 Å². The average molecular weight is 286 g/mol. The Morgan fingerprint density at radius 3 is 2.20 bits per heavy atom. The predicted octanol–water partition coefficient (Wildman–Crippen LogP) is -1.03. The van der Waals surface area contributed by atoms with E-state index in [2.05, 4.69) is 20.9 Å². The van der Waals surface area contributed by atoms with Crippen molar-refractivity contribution in [2.45, 2.75) is 24.8 Å². The molecule has 1 saturated carbocycles. The van der Waals surface area contributed by atoms with Crippen LogP contribution in [-0.2, 0) is 9.59 Å².